The lowest BCUT2D eigenvalue weighted by Gasteiger charge is -2.13. The van der Waals surface area contributed by atoms with E-state index >= 15 is 0 Å². The van der Waals surface area contributed by atoms with Gasteiger partial charge in [-0.15, -0.1) is 0 Å². The van der Waals surface area contributed by atoms with Crippen LogP contribution in [0.1, 0.15) is 55.9 Å². The number of hydrogen-bond acceptors (Lipinski definition) is 2. The van der Waals surface area contributed by atoms with Gasteiger partial charge in [0.05, 0.1) is 12.6 Å². The lowest BCUT2D eigenvalue weighted by atomic mass is 10.00. The number of aromatic nitrogens is 2. The maximum absolute atomic E-state index is 12.2. The highest BCUT2D eigenvalue weighted by Crippen LogP contribution is 2.33. The molecular formula is C17H22N2O2. The Kier molecular flexibility index (Phi) is 3.72. The molecule has 0 aliphatic heterocycles. The minimum atomic E-state index is -0.654. The van der Waals surface area contributed by atoms with Crippen molar-refractivity contribution < 1.29 is 5.11 Å². The van der Waals surface area contributed by atoms with Crippen LogP contribution in [0.3, 0.4) is 0 Å². The molecule has 1 aliphatic rings. The molecule has 2 aromatic rings. The normalized spacial score (nSPS) is 16.4. The standard InChI is InChI=1S/C17H22N2O2/c1-12(2)13-3-5-14(6-4-13)16(20)11-18-9-10-19(17(18)21)15-7-8-15/h3-6,9-10,12,15-16,20H,7-8,11H2,1-2H3. The second-order valence-corrected chi connectivity index (χ2v) is 6.21. The van der Waals surface area contributed by atoms with Crippen LogP contribution < -0.4 is 5.69 Å². The SMILES string of the molecule is CC(C)c1ccc(C(O)Cn2ccn(C3CC3)c2=O)cc1. The van der Waals surface area contributed by atoms with Crippen molar-refractivity contribution in [2.24, 2.45) is 0 Å². The first-order chi connectivity index (χ1) is 10.1. The van der Waals surface area contributed by atoms with Crippen LogP contribution in [0, 0.1) is 0 Å². The molecule has 0 amide bonds. The van der Waals surface area contributed by atoms with Crippen LogP contribution >= 0.6 is 0 Å². The van der Waals surface area contributed by atoms with E-state index in [0.717, 1.165) is 18.4 Å². The van der Waals surface area contributed by atoms with Crippen LogP contribution in [0.2, 0.25) is 0 Å². The molecule has 1 aliphatic carbocycles. The Hall–Kier alpha value is -1.81. The molecule has 1 atom stereocenters. The van der Waals surface area contributed by atoms with E-state index in [1.807, 2.05) is 30.5 Å². The fourth-order valence-corrected chi connectivity index (χ4v) is 2.59. The van der Waals surface area contributed by atoms with Gasteiger partial charge in [0.15, 0.2) is 0 Å². The van der Waals surface area contributed by atoms with Crippen LogP contribution in [-0.2, 0) is 6.54 Å². The first kappa shape index (κ1) is 14.1. The summed E-state index contributed by atoms with van der Waals surface area (Å²) in [5.74, 6) is 0.478. The summed E-state index contributed by atoms with van der Waals surface area (Å²) in [7, 11) is 0. The van der Waals surface area contributed by atoms with E-state index in [-0.39, 0.29) is 5.69 Å². The Balaban J connectivity index is 1.73. The van der Waals surface area contributed by atoms with Gasteiger partial charge >= 0.3 is 5.69 Å². The van der Waals surface area contributed by atoms with Gasteiger partial charge in [-0.3, -0.25) is 9.13 Å². The Morgan fingerprint density at radius 1 is 1.14 bits per heavy atom. The zero-order chi connectivity index (χ0) is 15.0. The topological polar surface area (TPSA) is 47.2 Å². The van der Waals surface area contributed by atoms with Gasteiger partial charge in [-0.25, -0.2) is 4.79 Å². The van der Waals surface area contributed by atoms with Crippen molar-refractivity contribution in [2.45, 2.75) is 51.3 Å². The van der Waals surface area contributed by atoms with Gasteiger partial charge < -0.3 is 5.11 Å². The van der Waals surface area contributed by atoms with Gasteiger partial charge in [0.2, 0.25) is 0 Å². The third-order valence-electron chi connectivity index (χ3n) is 4.17. The zero-order valence-corrected chi connectivity index (χ0v) is 12.6. The Bertz CT molecular complexity index is 663. The summed E-state index contributed by atoms with van der Waals surface area (Å²) >= 11 is 0. The fraction of sp³-hybridized carbons (Fsp3) is 0.471. The molecule has 1 N–H and O–H groups in total. The predicted octanol–water partition coefficient (Wildman–Crippen LogP) is 2.84. The maximum Gasteiger partial charge on any atom is 0.328 e. The summed E-state index contributed by atoms with van der Waals surface area (Å²) in [6.07, 6.45) is 5.12. The Morgan fingerprint density at radius 3 is 2.33 bits per heavy atom. The summed E-state index contributed by atoms with van der Waals surface area (Å²) in [5.41, 5.74) is 2.09. The number of aliphatic hydroxyl groups is 1. The highest BCUT2D eigenvalue weighted by atomic mass is 16.3. The van der Waals surface area contributed by atoms with Crippen molar-refractivity contribution in [3.63, 3.8) is 0 Å². The highest BCUT2D eigenvalue weighted by molar-refractivity contribution is 5.26. The highest BCUT2D eigenvalue weighted by Gasteiger charge is 2.25. The van der Waals surface area contributed by atoms with E-state index in [1.54, 1.807) is 15.3 Å². The second-order valence-electron chi connectivity index (χ2n) is 6.21. The molecule has 112 valence electrons. The maximum atomic E-state index is 12.2. The fourth-order valence-electron chi connectivity index (χ4n) is 2.59. The number of hydrogen-bond donors (Lipinski definition) is 1. The number of aliphatic hydroxyl groups excluding tert-OH is 1. The van der Waals surface area contributed by atoms with E-state index < -0.39 is 6.10 Å². The molecule has 0 spiro atoms. The minimum Gasteiger partial charge on any atom is -0.387 e. The molecule has 1 aromatic carbocycles. The zero-order valence-electron chi connectivity index (χ0n) is 12.6. The summed E-state index contributed by atoms with van der Waals surface area (Å²) in [6.45, 7) is 4.59. The van der Waals surface area contributed by atoms with Crippen molar-refractivity contribution in [3.05, 3.63) is 58.3 Å². The van der Waals surface area contributed by atoms with Crippen LogP contribution in [0.15, 0.2) is 41.5 Å². The van der Waals surface area contributed by atoms with E-state index in [4.69, 9.17) is 0 Å². The van der Waals surface area contributed by atoms with Crippen molar-refractivity contribution in [1.82, 2.24) is 9.13 Å². The number of rotatable bonds is 5. The first-order valence-electron chi connectivity index (χ1n) is 7.61. The van der Waals surface area contributed by atoms with E-state index in [1.165, 1.54) is 5.56 Å². The van der Waals surface area contributed by atoms with Gasteiger partial charge in [0.1, 0.15) is 0 Å². The molecule has 4 heteroatoms. The molecule has 4 nitrogen and oxygen atoms in total. The summed E-state index contributed by atoms with van der Waals surface area (Å²) in [4.78, 5) is 12.2. The van der Waals surface area contributed by atoms with E-state index in [0.29, 0.717) is 18.5 Å². The number of nitrogens with zero attached hydrogens (tertiary/aromatic N) is 2. The lowest BCUT2D eigenvalue weighted by molar-refractivity contribution is 0.155. The molecule has 0 saturated heterocycles. The average Bonchev–Trinajstić information content (AvgIpc) is 3.25. The van der Waals surface area contributed by atoms with Crippen LogP contribution in [0.25, 0.3) is 0 Å². The lowest BCUT2D eigenvalue weighted by Crippen LogP contribution is -2.25. The monoisotopic (exact) mass is 286 g/mol. The Labute approximate surface area is 124 Å². The minimum absolute atomic E-state index is 0.0182. The third kappa shape index (κ3) is 2.95. The molecule has 1 saturated carbocycles. The number of benzene rings is 1. The van der Waals surface area contributed by atoms with Crippen LogP contribution in [0.4, 0.5) is 0 Å². The quantitative estimate of drug-likeness (QED) is 0.918. The first-order valence-corrected chi connectivity index (χ1v) is 7.61. The van der Waals surface area contributed by atoms with Gasteiger partial charge in [0.25, 0.3) is 0 Å². The van der Waals surface area contributed by atoms with E-state index in [9.17, 15) is 9.90 Å². The molecule has 0 bridgehead atoms. The van der Waals surface area contributed by atoms with Crippen LogP contribution in [-0.4, -0.2) is 14.2 Å². The van der Waals surface area contributed by atoms with Crippen LogP contribution in [0.5, 0.6) is 0 Å². The van der Waals surface area contributed by atoms with E-state index in [2.05, 4.69) is 13.8 Å². The van der Waals surface area contributed by atoms with Crippen molar-refractivity contribution in [1.29, 1.82) is 0 Å². The molecule has 21 heavy (non-hydrogen) atoms. The van der Waals surface area contributed by atoms with Gasteiger partial charge in [-0.2, -0.15) is 0 Å². The molecule has 1 aromatic heterocycles. The molecule has 0 radical (unpaired) electrons. The summed E-state index contributed by atoms with van der Waals surface area (Å²) in [5, 5.41) is 10.3. The van der Waals surface area contributed by atoms with Crippen molar-refractivity contribution in [2.75, 3.05) is 0 Å². The molecule has 1 unspecified atom stereocenters. The van der Waals surface area contributed by atoms with Crippen molar-refractivity contribution >= 4 is 0 Å². The molecule has 1 heterocycles. The number of imidazole rings is 1. The summed E-state index contributed by atoms with van der Waals surface area (Å²) < 4.78 is 3.37. The Morgan fingerprint density at radius 2 is 1.76 bits per heavy atom. The van der Waals surface area contributed by atoms with Crippen molar-refractivity contribution in [3.8, 4) is 0 Å². The average molecular weight is 286 g/mol. The smallest absolute Gasteiger partial charge is 0.328 e. The second kappa shape index (κ2) is 5.53. The summed E-state index contributed by atoms with van der Waals surface area (Å²) in [6, 6.07) is 8.36. The predicted molar refractivity (Wildman–Crippen MR) is 82.5 cm³/mol. The largest absolute Gasteiger partial charge is 0.387 e. The molecule has 1 fully saturated rings. The van der Waals surface area contributed by atoms with Gasteiger partial charge in [-0.05, 0) is 29.9 Å². The third-order valence-corrected chi connectivity index (χ3v) is 4.17. The molecular weight excluding hydrogens is 264 g/mol. The van der Waals surface area contributed by atoms with Gasteiger partial charge in [0, 0.05) is 18.4 Å². The molecule has 3 rings (SSSR count). The van der Waals surface area contributed by atoms with Gasteiger partial charge in [-0.1, -0.05) is 38.1 Å².